The molecule has 8 heteroatoms. The minimum Gasteiger partial charge on any atom is -0.490 e. The first-order valence-corrected chi connectivity index (χ1v) is 11.7. The molecule has 1 heterocycles. The van der Waals surface area contributed by atoms with Gasteiger partial charge in [-0.3, -0.25) is 9.59 Å². The van der Waals surface area contributed by atoms with Crippen LogP contribution in [0, 0.1) is 5.92 Å². The molecule has 0 aliphatic carbocycles. The van der Waals surface area contributed by atoms with Crippen molar-refractivity contribution in [1.82, 2.24) is 0 Å². The van der Waals surface area contributed by atoms with Crippen molar-refractivity contribution in [3.8, 4) is 5.75 Å². The Hall–Kier alpha value is -3.61. The van der Waals surface area contributed by atoms with E-state index >= 15 is 0 Å². The molecular formula is C27H22Cl2N2O4. The Labute approximate surface area is 213 Å². The van der Waals surface area contributed by atoms with Crippen LogP contribution in [0.15, 0.2) is 78.4 Å². The number of ether oxygens (including phenoxy) is 1. The molecule has 3 aromatic carbocycles. The van der Waals surface area contributed by atoms with Gasteiger partial charge in [0.15, 0.2) is 5.75 Å². The van der Waals surface area contributed by atoms with Gasteiger partial charge in [-0.25, -0.2) is 14.6 Å². The summed E-state index contributed by atoms with van der Waals surface area (Å²) in [5, 5.41) is 0.494. The molecule has 4 amide bonds. The van der Waals surface area contributed by atoms with Crippen LogP contribution in [0.5, 0.6) is 5.75 Å². The SMILES string of the molecule is CC(C)COc1c(Cl)cc(C=C2C(=O)N(c3ccccc3)C(=O)N(c3ccccc3)C2=O)cc1Cl. The van der Waals surface area contributed by atoms with Crippen LogP contribution < -0.4 is 14.5 Å². The van der Waals surface area contributed by atoms with Gasteiger partial charge in [0.2, 0.25) is 0 Å². The molecule has 1 aliphatic heterocycles. The molecule has 0 spiro atoms. The van der Waals surface area contributed by atoms with Crippen LogP contribution in [0.2, 0.25) is 10.0 Å². The highest BCUT2D eigenvalue weighted by Gasteiger charge is 2.43. The molecule has 6 nitrogen and oxygen atoms in total. The fraction of sp³-hybridized carbons (Fsp3) is 0.148. The minimum absolute atomic E-state index is 0.208. The smallest absolute Gasteiger partial charge is 0.343 e. The highest BCUT2D eigenvalue weighted by atomic mass is 35.5. The number of carbonyl (C=O) groups is 3. The molecule has 178 valence electrons. The number of benzene rings is 3. The quantitative estimate of drug-likeness (QED) is 0.277. The normalized spacial score (nSPS) is 14.1. The predicted octanol–water partition coefficient (Wildman–Crippen LogP) is 6.61. The second-order valence-electron chi connectivity index (χ2n) is 8.31. The molecule has 0 unspecified atom stereocenters. The first-order valence-electron chi connectivity index (χ1n) is 10.9. The maximum Gasteiger partial charge on any atom is 0.343 e. The van der Waals surface area contributed by atoms with Gasteiger partial charge in [-0.2, -0.15) is 0 Å². The Morgan fingerprint density at radius 2 is 1.26 bits per heavy atom. The number of anilines is 2. The number of imide groups is 2. The van der Waals surface area contributed by atoms with Crippen molar-refractivity contribution in [3.05, 3.63) is 94.0 Å². The van der Waals surface area contributed by atoms with Crippen LogP contribution in [-0.2, 0) is 9.59 Å². The lowest BCUT2D eigenvalue weighted by molar-refractivity contribution is -0.121. The molecular weight excluding hydrogens is 487 g/mol. The summed E-state index contributed by atoms with van der Waals surface area (Å²) in [4.78, 5) is 42.2. The third-order valence-electron chi connectivity index (χ3n) is 5.17. The van der Waals surface area contributed by atoms with E-state index in [-0.39, 0.29) is 21.5 Å². The number of para-hydroxylation sites is 2. The number of carbonyl (C=O) groups excluding carboxylic acids is 3. The van der Waals surface area contributed by atoms with Gasteiger partial charge in [-0.05, 0) is 54.0 Å². The molecule has 1 saturated heterocycles. The molecule has 0 bridgehead atoms. The molecule has 0 atom stereocenters. The van der Waals surface area contributed by atoms with Gasteiger partial charge in [0.1, 0.15) is 5.57 Å². The Balaban J connectivity index is 1.80. The lowest BCUT2D eigenvalue weighted by Gasteiger charge is -2.33. The van der Waals surface area contributed by atoms with Crippen molar-refractivity contribution in [2.75, 3.05) is 16.4 Å². The largest absolute Gasteiger partial charge is 0.490 e. The fourth-order valence-corrected chi connectivity index (χ4v) is 4.17. The highest BCUT2D eigenvalue weighted by molar-refractivity contribution is 6.46. The Kier molecular flexibility index (Phi) is 7.24. The Morgan fingerprint density at radius 1 is 0.800 bits per heavy atom. The van der Waals surface area contributed by atoms with Crippen molar-refractivity contribution >= 4 is 58.5 Å². The fourth-order valence-electron chi connectivity index (χ4n) is 3.56. The first kappa shape index (κ1) is 24.5. The molecule has 0 aromatic heterocycles. The number of nitrogens with zero attached hydrogens (tertiary/aromatic N) is 2. The lowest BCUT2D eigenvalue weighted by atomic mass is 10.0. The van der Waals surface area contributed by atoms with Crippen molar-refractivity contribution in [1.29, 1.82) is 0 Å². The third kappa shape index (κ3) is 5.09. The monoisotopic (exact) mass is 508 g/mol. The van der Waals surface area contributed by atoms with Gasteiger partial charge in [0.25, 0.3) is 11.8 Å². The van der Waals surface area contributed by atoms with E-state index in [2.05, 4.69) is 0 Å². The van der Waals surface area contributed by atoms with E-state index in [1.54, 1.807) is 72.8 Å². The van der Waals surface area contributed by atoms with Crippen LogP contribution in [0.4, 0.5) is 16.2 Å². The second kappa shape index (κ2) is 10.3. The standard InChI is InChI=1S/C27H22Cl2N2O4/c1-17(2)16-35-24-22(28)14-18(15-23(24)29)13-21-25(32)30(19-9-5-3-6-10-19)27(34)31(26(21)33)20-11-7-4-8-12-20/h3-15,17H,16H2,1-2H3. The maximum atomic E-state index is 13.4. The van der Waals surface area contributed by atoms with Crippen molar-refractivity contribution in [2.24, 2.45) is 5.92 Å². The van der Waals surface area contributed by atoms with Gasteiger partial charge in [-0.1, -0.05) is 73.4 Å². The van der Waals surface area contributed by atoms with Gasteiger partial charge >= 0.3 is 6.03 Å². The van der Waals surface area contributed by atoms with Gasteiger partial charge in [-0.15, -0.1) is 0 Å². The van der Waals surface area contributed by atoms with Gasteiger partial charge in [0.05, 0.1) is 28.0 Å². The van der Waals surface area contributed by atoms with Gasteiger partial charge < -0.3 is 4.74 Å². The van der Waals surface area contributed by atoms with E-state index in [9.17, 15) is 14.4 Å². The Bertz CT molecular complexity index is 1220. The summed E-state index contributed by atoms with van der Waals surface area (Å²) in [7, 11) is 0. The van der Waals surface area contributed by atoms with E-state index < -0.39 is 17.8 Å². The molecule has 0 N–H and O–H groups in total. The minimum atomic E-state index is -0.761. The van der Waals surface area contributed by atoms with E-state index in [4.69, 9.17) is 27.9 Å². The van der Waals surface area contributed by atoms with Crippen LogP contribution in [-0.4, -0.2) is 24.5 Å². The zero-order valence-electron chi connectivity index (χ0n) is 19.1. The number of halogens is 2. The maximum absolute atomic E-state index is 13.4. The molecule has 0 radical (unpaired) electrons. The number of amides is 4. The average Bonchev–Trinajstić information content (AvgIpc) is 2.82. The summed E-state index contributed by atoms with van der Waals surface area (Å²) in [6.07, 6.45) is 1.38. The Morgan fingerprint density at radius 3 is 1.69 bits per heavy atom. The van der Waals surface area contributed by atoms with Crippen LogP contribution in [0.1, 0.15) is 19.4 Å². The number of rotatable bonds is 6. The summed E-state index contributed by atoms with van der Waals surface area (Å²) >= 11 is 12.8. The predicted molar refractivity (Wildman–Crippen MR) is 138 cm³/mol. The summed E-state index contributed by atoms with van der Waals surface area (Å²) in [5.41, 5.74) is 0.898. The molecule has 0 saturated carbocycles. The van der Waals surface area contributed by atoms with Crippen molar-refractivity contribution in [2.45, 2.75) is 13.8 Å². The highest BCUT2D eigenvalue weighted by Crippen LogP contribution is 2.36. The van der Waals surface area contributed by atoms with Crippen molar-refractivity contribution in [3.63, 3.8) is 0 Å². The number of hydrogen-bond acceptors (Lipinski definition) is 4. The zero-order chi connectivity index (χ0) is 25.1. The summed E-state index contributed by atoms with van der Waals surface area (Å²) in [6, 6.07) is 19.2. The molecule has 1 aliphatic rings. The zero-order valence-corrected chi connectivity index (χ0v) is 20.6. The van der Waals surface area contributed by atoms with E-state index in [1.807, 2.05) is 13.8 Å². The van der Waals surface area contributed by atoms with Crippen LogP contribution in [0.3, 0.4) is 0 Å². The molecule has 1 fully saturated rings. The molecule has 35 heavy (non-hydrogen) atoms. The average molecular weight is 509 g/mol. The topological polar surface area (TPSA) is 66.9 Å². The number of urea groups is 1. The summed E-state index contributed by atoms with van der Waals surface area (Å²) in [6.45, 7) is 4.43. The molecule has 3 aromatic rings. The lowest BCUT2D eigenvalue weighted by Crippen LogP contribution is -2.57. The second-order valence-corrected chi connectivity index (χ2v) is 9.13. The van der Waals surface area contributed by atoms with Crippen LogP contribution >= 0.6 is 23.2 Å². The third-order valence-corrected chi connectivity index (χ3v) is 5.73. The first-order chi connectivity index (χ1) is 16.8. The number of barbiturate groups is 1. The van der Waals surface area contributed by atoms with E-state index in [1.165, 1.54) is 6.08 Å². The van der Waals surface area contributed by atoms with Crippen LogP contribution in [0.25, 0.3) is 6.08 Å². The summed E-state index contributed by atoms with van der Waals surface area (Å²) in [5.74, 6) is -0.888. The van der Waals surface area contributed by atoms with Gasteiger partial charge in [0, 0.05) is 0 Å². The number of hydrogen-bond donors (Lipinski definition) is 0. The van der Waals surface area contributed by atoms with Crippen molar-refractivity contribution < 1.29 is 19.1 Å². The van der Waals surface area contributed by atoms with E-state index in [0.717, 1.165) is 9.80 Å². The van der Waals surface area contributed by atoms with E-state index in [0.29, 0.717) is 29.3 Å². The molecule has 4 rings (SSSR count). The summed E-state index contributed by atoms with van der Waals surface area (Å²) < 4.78 is 5.70.